The van der Waals surface area contributed by atoms with Crippen molar-refractivity contribution in [3.8, 4) is 0 Å². The van der Waals surface area contributed by atoms with E-state index in [1.807, 2.05) is 19.1 Å². The van der Waals surface area contributed by atoms with Crippen LogP contribution in [-0.4, -0.2) is 49.0 Å². The number of guanidine groups is 1. The number of amides is 3. The normalized spacial score (nSPS) is 15.2. The number of nitrogens with zero attached hydrogens (tertiary/aromatic N) is 2. The molecule has 1 atom stereocenters. The van der Waals surface area contributed by atoms with Crippen molar-refractivity contribution in [1.82, 2.24) is 20.9 Å². The molecule has 0 radical (unpaired) electrons. The Morgan fingerprint density at radius 3 is 2.64 bits per heavy atom. The number of fused-ring (bicyclic) bond motifs is 1. The molecule has 1 saturated heterocycles. The molecule has 150 valence electrons. The van der Waals surface area contributed by atoms with Crippen LogP contribution in [0.1, 0.15) is 25.5 Å². The van der Waals surface area contributed by atoms with E-state index in [0.717, 1.165) is 12.1 Å². The summed E-state index contributed by atoms with van der Waals surface area (Å²) in [7, 11) is 0. The quantitative estimate of drug-likeness (QED) is 0.249. The maximum Gasteiger partial charge on any atom is 0.324 e. The van der Waals surface area contributed by atoms with Gasteiger partial charge < -0.3 is 16.0 Å². The lowest BCUT2D eigenvalue weighted by molar-refractivity contribution is -0.124. The van der Waals surface area contributed by atoms with Gasteiger partial charge in [-0.3, -0.25) is 14.7 Å². The van der Waals surface area contributed by atoms with E-state index >= 15 is 0 Å². The van der Waals surface area contributed by atoms with Crippen LogP contribution < -0.4 is 16.0 Å². The highest BCUT2D eigenvalue weighted by molar-refractivity contribution is 14.0. The molecule has 0 aromatic heterocycles. The van der Waals surface area contributed by atoms with E-state index < -0.39 is 0 Å². The topological polar surface area (TPSA) is 85.8 Å². The minimum Gasteiger partial charge on any atom is -0.357 e. The molecule has 3 rings (SSSR count). The van der Waals surface area contributed by atoms with E-state index in [2.05, 4.69) is 58.2 Å². The summed E-state index contributed by atoms with van der Waals surface area (Å²) in [6.07, 6.45) is 0. The summed E-state index contributed by atoms with van der Waals surface area (Å²) in [6, 6.07) is 14.4. The molecular formula is C20H26IN5O2. The van der Waals surface area contributed by atoms with Crippen molar-refractivity contribution < 1.29 is 9.59 Å². The van der Waals surface area contributed by atoms with Crippen LogP contribution in [0.2, 0.25) is 0 Å². The van der Waals surface area contributed by atoms with Crippen molar-refractivity contribution in [2.75, 3.05) is 26.2 Å². The van der Waals surface area contributed by atoms with E-state index in [0.29, 0.717) is 12.5 Å². The summed E-state index contributed by atoms with van der Waals surface area (Å²) in [5.41, 5.74) is 1.16. The second kappa shape index (κ2) is 10.3. The number of hydrogen-bond donors (Lipinski definition) is 3. The number of carbonyl (C=O) groups excluding carboxylic acids is 2. The third-order valence-electron chi connectivity index (χ3n) is 4.50. The van der Waals surface area contributed by atoms with Crippen LogP contribution in [0, 0.1) is 0 Å². The van der Waals surface area contributed by atoms with Crippen LogP contribution in [0.25, 0.3) is 10.8 Å². The third-order valence-corrected chi connectivity index (χ3v) is 4.50. The lowest BCUT2D eigenvalue weighted by Crippen LogP contribution is -2.40. The van der Waals surface area contributed by atoms with Crippen molar-refractivity contribution in [2.24, 2.45) is 4.99 Å². The third kappa shape index (κ3) is 5.34. The van der Waals surface area contributed by atoms with Crippen molar-refractivity contribution in [1.29, 1.82) is 0 Å². The molecule has 8 heteroatoms. The van der Waals surface area contributed by atoms with Gasteiger partial charge in [-0.15, -0.1) is 24.0 Å². The van der Waals surface area contributed by atoms with Gasteiger partial charge in [0.1, 0.15) is 0 Å². The van der Waals surface area contributed by atoms with Crippen LogP contribution in [-0.2, 0) is 4.79 Å². The number of halogens is 1. The molecule has 1 aliphatic heterocycles. The summed E-state index contributed by atoms with van der Waals surface area (Å²) in [6.45, 7) is 5.48. The van der Waals surface area contributed by atoms with Gasteiger partial charge in [0.15, 0.2) is 5.96 Å². The van der Waals surface area contributed by atoms with E-state index in [1.165, 1.54) is 15.7 Å². The van der Waals surface area contributed by atoms with Gasteiger partial charge in [0.2, 0.25) is 5.91 Å². The Hall–Kier alpha value is -2.36. The van der Waals surface area contributed by atoms with Crippen LogP contribution >= 0.6 is 24.0 Å². The number of carbonyl (C=O) groups is 2. The van der Waals surface area contributed by atoms with Gasteiger partial charge in [-0.1, -0.05) is 36.4 Å². The maximum absolute atomic E-state index is 11.6. The molecule has 1 fully saturated rings. The predicted octanol–water partition coefficient (Wildman–Crippen LogP) is 2.63. The number of nitrogens with one attached hydrogen (secondary N) is 3. The molecule has 0 spiro atoms. The zero-order valence-corrected chi connectivity index (χ0v) is 18.4. The fraction of sp³-hybridized carbons (Fsp3) is 0.350. The molecule has 7 nitrogen and oxygen atoms in total. The van der Waals surface area contributed by atoms with Gasteiger partial charge in [-0.05, 0) is 36.2 Å². The van der Waals surface area contributed by atoms with E-state index in [9.17, 15) is 9.59 Å². The zero-order valence-electron chi connectivity index (χ0n) is 16.1. The summed E-state index contributed by atoms with van der Waals surface area (Å²) in [5, 5.41) is 11.5. The summed E-state index contributed by atoms with van der Waals surface area (Å²) in [5.74, 6) is 0.447. The molecule has 1 aliphatic rings. The molecular weight excluding hydrogens is 469 g/mol. The summed E-state index contributed by atoms with van der Waals surface area (Å²) in [4.78, 5) is 28.9. The fourth-order valence-electron chi connectivity index (χ4n) is 3.03. The second-order valence-electron chi connectivity index (χ2n) is 6.44. The number of urea groups is 1. The first-order valence-corrected chi connectivity index (χ1v) is 9.20. The van der Waals surface area contributed by atoms with Gasteiger partial charge in [-0.25, -0.2) is 4.79 Å². The SMILES string of the molecule is CCNC(=NCCN1C(=O)CNC1=O)NC(C)c1ccc2ccccc2c1.I. The highest BCUT2D eigenvalue weighted by Crippen LogP contribution is 2.20. The molecule has 3 amide bonds. The van der Waals surface area contributed by atoms with Gasteiger partial charge >= 0.3 is 6.03 Å². The Labute approximate surface area is 182 Å². The van der Waals surface area contributed by atoms with E-state index in [-0.39, 0.29) is 55.0 Å². The van der Waals surface area contributed by atoms with Crippen LogP contribution in [0.4, 0.5) is 4.79 Å². The zero-order chi connectivity index (χ0) is 19.2. The Morgan fingerprint density at radius 2 is 1.96 bits per heavy atom. The molecule has 1 unspecified atom stereocenters. The molecule has 2 aromatic rings. The molecule has 0 aliphatic carbocycles. The highest BCUT2D eigenvalue weighted by atomic mass is 127. The number of benzene rings is 2. The highest BCUT2D eigenvalue weighted by Gasteiger charge is 2.27. The fourth-order valence-corrected chi connectivity index (χ4v) is 3.03. The van der Waals surface area contributed by atoms with Gasteiger partial charge in [0.25, 0.3) is 0 Å². The Morgan fingerprint density at radius 1 is 1.21 bits per heavy atom. The Kier molecular flexibility index (Phi) is 8.04. The molecule has 3 N–H and O–H groups in total. The van der Waals surface area contributed by atoms with E-state index in [4.69, 9.17) is 0 Å². The lowest BCUT2D eigenvalue weighted by atomic mass is 10.0. The first kappa shape index (κ1) is 21.9. The second-order valence-corrected chi connectivity index (χ2v) is 6.44. The van der Waals surface area contributed by atoms with Crippen molar-refractivity contribution in [3.63, 3.8) is 0 Å². The van der Waals surface area contributed by atoms with Gasteiger partial charge in [0, 0.05) is 6.54 Å². The van der Waals surface area contributed by atoms with Gasteiger partial charge in [-0.2, -0.15) is 0 Å². The molecule has 28 heavy (non-hydrogen) atoms. The Balaban J connectivity index is 0.00000280. The van der Waals surface area contributed by atoms with Crippen LogP contribution in [0.15, 0.2) is 47.5 Å². The number of hydrogen-bond acceptors (Lipinski definition) is 3. The molecule has 0 bridgehead atoms. The van der Waals surface area contributed by atoms with Gasteiger partial charge in [0.05, 0.1) is 25.7 Å². The summed E-state index contributed by atoms with van der Waals surface area (Å²) < 4.78 is 0. The largest absolute Gasteiger partial charge is 0.357 e. The average molecular weight is 495 g/mol. The minimum atomic E-state index is -0.349. The Bertz CT molecular complexity index is 855. The smallest absolute Gasteiger partial charge is 0.324 e. The monoisotopic (exact) mass is 495 g/mol. The number of aliphatic imine (C=N–C) groups is 1. The molecule has 1 heterocycles. The maximum atomic E-state index is 11.6. The number of imide groups is 1. The summed E-state index contributed by atoms with van der Waals surface area (Å²) >= 11 is 0. The predicted molar refractivity (Wildman–Crippen MR) is 122 cm³/mol. The van der Waals surface area contributed by atoms with Crippen LogP contribution in [0.3, 0.4) is 0 Å². The minimum absolute atomic E-state index is 0. The molecule has 2 aromatic carbocycles. The number of rotatable bonds is 6. The van der Waals surface area contributed by atoms with Crippen molar-refractivity contribution in [2.45, 2.75) is 19.9 Å². The van der Waals surface area contributed by atoms with Crippen molar-refractivity contribution in [3.05, 3.63) is 48.0 Å². The van der Waals surface area contributed by atoms with E-state index in [1.54, 1.807) is 0 Å². The molecule has 0 saturated carbocycles. The average Bonchev–Trinajstić information content (AvgIpc) is 2.99. The first-order valence-electron chi connectivity index (χ1n) is 9.20. The first-order chi connectivity index (χ1) is 13.1. The van der Waals surface area contributed by atoms with Crippen LogP contribution in [0.5, 0.6) is 0 Å². The lowest BCUT2D eigenvalue weighted by Gasteiger charge is -2.19. The standard InChI is InChI=1S/C20H25N5O2.HI/c1-3-21-19(22-10-11-25-18(26)13-23-20(25)27)24-14(2)16-9-8-15-6-4-5-7-17(15)12-16;/h4-9,12,14H,3,10-11,13H2,1-2H3,(H,23,27)(H2,21,22,24);1H. The van der Waals surface area contributed by atoms with Crippen molar-refractivity contribution >= 4 is 52.6 Å².